The smallest absolute Gasteiger partial charge is 0.261 e. The highest BCUT2D eigenvalue weighted by Crippen LogP contribution is 2.24. The van der Waals surface area contributed by atoms with E-state index in [2.05, 4.69) is 31.9 Å². The van der Waals surface area contributed by atoms with Gasteiger partial charge >= 0.3 is 0 Å². The largest absolute Gasteiger partial charge is 0.490 e. The second-order valence-electron chi connectivity index (χ2n) is 6.59. The van der Waals surface area contributed by atoms with Gasteiger partial charge in [0, 0.05) is 22.3 Å². The van der Waals surface area contributed by atoms with Gasteiger partial charge in [-0.2, -0.15) is 0 Å². The van der Waals surface area contributed by atoms with Crippen LogP contribution in [0.4, 0.5) is 11.4 Å². The summed E-state index contributed by atoms with van der Waals surface area (Å²) in [7, 11) is 0. The van der Waals surface area contributed by atoms with Gasteiger partial charge in [0.25, 0.3) is 5.91 Å². The van der Waals surface area contributed by atoms with Crippen molar-refractivity contribution in [2.24, 2.45) is 0 Å². The molecule has 0 unspecified atom stereocenters. The number of thiocarbonyl (C=S) groups is 1. The zero-order valence-electron chi connectivity index (χ0n) is 16.5. The Bertz CT molecular complexity index is 902. The average molecular weight is 478 g/mol. The van der Waals surface area contributed by atoms with Crippen molar-refractivity contribution in [2.75, 3.05) is 10.6 Å². The maximum Gasteiger partial charge on any atom is 0.261 e. The van der Waals surface area contributed by atoms with E-state index in [0.29, 0.717) is 29.1 Å². The Balaban J connectivity index is 2.05. The fraction of sp³-hybridized carbons (Fsp3) is 0.286. The summed E-state index contributed by atoms with van der Waals surface area (Å²) in [5, 5.41) is 8.58. The number of ether oxygens (including phenoxy) is 1. The molecule has 0 aliphatic heterocycles. The Kier molecular flexibility index (Phi) is 8.60. The van der Waals surface area contributed by atoms with Crippen LogP contribution in [0.25, 0.3) is 0 Å². The highest BCUT2D eigenvalue weighted by molar-refractivity contribution is 9.10. The van der Waals surface area contributed by atoms with Crippen LogP contribution >= 0.6 is 28.1 Å². The molecule has 3 N–H and O–H groups in total. The zero-order chi connectivity index (χ0) is 21.4. The third kappa shape index (κ3) is 7.47. The number of nitrogens with one attached hydrogen (secondary N) is 3. The molecule has 0 saturated carbocycles. The van der Waals surface area contributed by atoms with Gasteiger partial charge in [0.15, 0.2) is 5.11 Å². The Morgan fingerprint density at radius 2 is 1.79 bits per heavy atom. The summed E-state index contributed by atoms with van der Waals surface area (Å²) in [5.74, 6) is 0.0452. The van der Waals surface area contributed by atoms with E-state index < -0.39 is 0 Å². The fourth-order valence-electron chi connectivity index (χ4n) is 2.49. The van der Waals surface area contributed by atoms with Crippen LogP contribution in [-0.2, 0) is 4.79 Å². The first-order valence-corrected chi connectivity index (χ1v) is 10.5. The van der Waals surface area contributed by atoms with Crippen LogP contribution in [0.1, 0.15) is 44.0 Å². The van der Waals surface area contributed by atoms with E-state index in [0.717, 1.165) is 10.9 Å². The molecule has 0 heterocycles. The standard InChI is InChI=1S/C21H24BrN3O3S/c1-4-6-19(26)23-15-7-5-8-16(12-15)24-21(29)25-20(27)17-11-14(22)9-10-18(17)28-13(2)3/h5,7-13H,4,6H2,1-3H3,(H,23,26)(H2,24,25,27,29). The van der Waals surface area contributed by atoms with Crippen molar-refractivity contribution in [3.63, 3.8) is 0 Å². The molecular formula is C21H24BrN3O3S. The summed E-state index contributed by atoms with van der Waals surface area (Å²) >= 11 is 8.64. The number of rotatable bonds is 7. The molecule has 0 bridgehead atoms. The lowest BCUT2D eigenvalue weighted by molar-refractivity contribution is -0.116. The van der Waals surface area contributed by atoms with E-state index >= 15 is 0 Å². The van der Waals surface area contributed by atoms with E-state index in [-0.39, 0.29) is 23.0 Å². The predicted molar refractivity (Wildman–Crippen MR) is 124 cm³/mol. The van der Waals surface area contributed by atoms with Gasteiger partial charge < -0.3 is 15.4 Å². The van der Waals surface area contributed by atoms with Gasteiger partial charge in [-0.1, -0.05) is 28.9 Å². The van der Waals surface area contributed by atoms with Crippen LogP contribution in [-0.4, -0.2) is 23.0 Å². The Morgan fingerprint density at radius 1 is 1.10 bits per heavy atom. The van der Waals surface area contributed by atoms with Crippen molar-refractivity contribution in [3.8, 4) is 5.75 Å². The Hall–Kier alpha value is -2.45. The maximum absolute atomic E-state index is 12.7. The molecule has 0 aliphatic rings. The quantitative estimate of drug-likeness (QED) is 0.483. The molecular weight excluding hydrogens is 454 g/mol. The number of amides is 2. The van der Waals surface area contributed by atoms with Crippen LogP contribution in [0.2, 0.25) is 0 Å². The normalized spacial score (nSPS) is 10.4. The van der Waals surface area contributed by atoms with E-state index in [4.69, 9.17) is 17.0 Å². The van der Waals surface area contributed by atoms with Crippen molar-refractivity contribution in [2.45, 2.75) is 39.7 Å². The number of benzene rings is 2. The van der Waals surface area contributed by atoms with E-state index in [1.165, 1.54) is 0 Å². The van der Waals surface area contributed by atoms with Gasteiger partial charge in [0.05, 0.1) is 11.7 Å². The monoisotopic (exact) mass is 477 g/mol. The molecule has 0 radical (unpaired) electrons. The van der Waals surface area contributed by atoms with E-state index in [1.807, 2.05) is 26.8 Å². The van der Waals surface area contributed by atoms with Gasteiger partial charge in [0.2, 0.25) is 5.91 Å². The van der Waals surface area contributed by atoms with Crippen LogP contribution in [0.5, 0.6) is 5.75 Å². The third-order valence-electron chi connectivity index (χ3n) is 3.66. The second kappa shape index (κ2) is 10.9. The minimum absolute atomic E-state index is 0.0483. The molecule has 0 spiro atoms. The first-order chi connectivity index (χ1) is 13.8. The summed E-state index contributed by atoms with van der Waals surface area (Å²) in [6, 6.07) is 12.3. The minimum atomic E-state index is -0.383. The molecule has 6 nitrogen and oxygen atoms in total. The molecule has 2 aromatic rings. The molecule has 2 rings (SSSR count). The number of anilines is 2. The zero-order valence-corrected chi connectivity index (χ0v) is 18.9. The molecule has 0 aromatic heterocycles. The number of hydrogen-bond donors (Lipinski definition) is 3. The van der Waals surface area contributed by atoms with E-state index in [9.17, 15) is 9.59 Å². The SMILES string of the molecule is CCCC(=O)Nc1cccc(NC(=S)NC(=O)c2cc(Br)ccc2OC(C)C)c1. The molecule has 0 aliphatic carbocycles. The number of carbonyl (C=O) groups is 2. The second-order valence-corrected chi connectivity index (χ2v) is 7.92. The summed E-state index contributed by atoms with van der Waals surface area (Å²) in [6.07, 6.45) is 1.16. The van der Waals surface area contributed by atoms with Crippen molar-refractivity contribution in [1.29, 1.82) is 0 Å². The number of hydrogen-bond acceptors (Lipinski definition) is 4. The molecule has 8 heteroatoms. The molecule has 2 aromatic carbocycles. The highest BCUT2D eigenvalue weighted by atomic mass is 79.9. The molecule has 2 amide bonds. The molecule has 154 valence electrons. The van der Waals surface area contributed by atoms with Crippen molar-refractivity contribution in [1.82, 2.24) is 5.32 Å². The van der Waals surface area contributed by atoms with Gasteiger partial charge in [0.1, 0.15) is 5.75 Å². The summed E-state index contributed by atoms with van der Waals surface area (Å²) in [4.78, 5) is 24.4. The topological polar surface area (TPSA) is 79.5 Å². The van der Waals surface area contributed by atoms with Gasteiger partial charge in [-0.25, -0.2) is 0 Å². The molecule has 29 heavy (non-hydrogen) atoms. The van der Waals surface area contributed by atoms with Crippen LogP contribution in [0.3, 0.4) is 0 Å². The Labute approximate surface area is 184 Å². The molecule has 0 saturated heterocycles. The number of halogens is 1. The summed E-state index contributed by atoms with van der Waals surface area (Å²) < 4.78 is 6.47. The maximum atomic E-state index is 12.7. The lowest BCUT2D eigenvalue weighted by atomic mass is 10.2. The predicted octanol–water partition coefficient (Wildman–Crippen LogP) is 5.10. The minimum Gasteiger partial charge on any atom is -0.490 e. The van der Waals surface area contributed by atoms with Crippen molar-refractivity contribution in [3.05, 3.63) is 52.5 Å². The first kappa shape index (κ1) is 22.8. The fourth-order valence-corrected chi connectivity index (χ4v) is 3.07. The van der Waals surface area contributed by atoms with Crippen LogP contribution in [0.15, 0.2) is 46.9 Å². The average Bonchev–Trinajstić information content (AvgIpc) is 2.63. The van der Waals surface area contributed by atoms with Crippen LogP contribution < -0.4 is 20.7 Å². The molecule has 0 fully saturated rings. The first-order valence-electron chi connectivity index (χ1n) is 9.27. The van der Waals surface area contributed by atoms with Crippen molar-refractivity contribution >= 4 is 56.4 Å². The third-order valence-corrected chi connectivity index (χ3v) is 4.35. The lowest BCUT2D eigenvalue weighted by Crippen LogP contribution is -2.34. The summed E-state index contributed by atoms with van der Waals surface area (Å²) in [6.45, 7) is 5.73. The Morgan fingerprint density at radius 3 is 2.45 bits per heavy atom. The van der Waals surface area contributed by atoms with Gasteiger partial charge in [-0.3, -0.25) is 14.9 Å². The lowest BCUT2D eigenvalue weighted by Gasteiger charge is -2.15. The van der Waals surface area contributed by atoms with Crippen LogP contribution in [0, 0.1) is 0 Å². The van der Waals surface area contributed by atoms with Gasteiger partial charge in [-0.05, 0) is 68.9 Å². The molecule has 0 atom stereocenters. The van der Waals surface area contributed by atoms with Crippen molar-refractivity contribution < 1.29 is 14.3 Å². The summed E-state index contributed by atoms with van der Waals surface area (Å²) in [5.41, 5.74) is 1.68. The number of carbonyl (C=O) groups excluding carboxylic acids is 2. The highest BCUT2D eigenvalue weighted by Gasteiger charge is 2.16. The van der Waals surface area contributed by atoms with E-state index in [1.54, 1.807) is 36.4 Å². The van der Waals surface area contributed by atoms with Gasteiger partial charge in [-0.15, -0.1) is 0 Å².